The van der Waals surface area contributed by atoms with Crippen LogP contribution in [0.4, 0.5) is 5.69 Å². The molecule has 0 bridgehead atoms. The molecule has 2 aromatic heterocycles. The van der Waals surface area contributed by atoms with Crippen molar-refractivity contribution in [3.8, 4) is 33.5 Å². The Labute approximate surface area is 186 Å². The van der Waals surface area contributed by atoms with E-state index in [2.05, 4.69) is 4.98 Å². The summed E-state index contributed by atoms with van der Waals surface area (Å²) in [6.45, 7) is 0. The molecule has 32 heavy (non-hydrogen) atoms. The highest BCUT2D eigenvalue weighted by Crippen LogP contribution is 2.50. The molecule has 0 saturated carbocycles. The van der Waals surface area contributed by atoms with Crippen LogP contribution in [-0.2, 0) is 0 Å². The molecule has 4 aromatic rings. The largest absolute Gasteiger partial charge is 0.493 e. The summed E-state index contributed by atoms with van der Waals surface area (Å²) in [5.41, 5.74) is 2.30. The van der Waals surface area contributed by atoms with Crippen LogP contribution in [0, 0.1) is 0 Å². The number of carbonyl (C=O) groups is 1. The van der Waals surface area contributed by atoms with E-state index in [1.807, 2.05) is 47.8 Å². The lowest BCUT2D eigenvalue weighted by Crippen LogP contribution is -2.39. The van der Waals surface area contributed by atoms with E-state index in [1.165, 1.54) is 25.6 Å². The smallest absolute Gasteiger partial charge is 0.300 e. The van der Waals surface area contributed by atoms with Crippen LogP contribution in [-0.4, -0.2) is 34.9 Å². The van der Waals surface area contributed by atoms with Gasteiger partial charge >= 0.3 is 5.56 Å². The summed E-state index contributed by atoms with van der Waals surface area (Å²) in [6, 6.07) is 14.7. The van der Waals surface area contributed by atoms with Gasteiger partial charge in [-0.05, 0) is 29.6 Å². The van der Waals surface area contributed by atoms with Crippen molar-refractivity contribution in [1.82, 2.24) is 14.8 Å². The fourth-order valence-electron chi connectivity index (χ4n) is 4.42. The number of benzene rings is 2. The topological polar surface area (TPSA) is 86.6 Å². The molecule has 0 fully saturated rings. The van der Waals surface area contributed by atoms with Gasteiger partial charge < -0.3 is 9.47 Å². The minimum atomic E-state index is -0.603. The highest BCUT2D eigenvalue weighted by molar-refractivity contribution is 7.13. The highest BCUT2D eigenvalue weighted by Gasteiger charge is 2.47. The number of para-hydroxylation sites is 1. The van der Waals surface area contributed by atoms with Crippen LogP contribution >= 0.6 is 11.3 Å². The third-order valence-corrected chi connectivity index (χ3v) is 6.64. The molecule has 0 radical (unpaired) electrons. The van der Waals surface area contributed by atoms with Gasteiger partial charge in [-0.1, -0.05) is 24.3 Å². The van der Waals surface area contributed by atoms with Gasteiger partial charge in [-0.3, -0.25) is 14.5 Å². The molecule has 2 aromatic carbocycles. The Morgan fingerprint density at radius 2 is 1.84 bits per heavy atom. The third kappa shape index (κ3) is 2.36. The molecule has 0 spiro atoms. The van der Waals surface area contributed by atoms with Crippen molar-refractivity contribution >= 4 is 22.9 Å². The predicted octanol–water partition coefficient (Wildman–Crippen LogP) is 3.57. The van der Waals surface area contributed by atoms with Crippen molar-refractivity contribution in [1.29, 1.82) is 0 Å². The number of amides is 1. The average molecular weight is 444 g/mol. The van der Waals surface area contributed by atoms with E-state index in [0.717, 1.165) is 4.88 Å². The monoisotopic (exact) mass is 444 g/mol. The Kier molecular flexibility index (Phi) is 3.96. The Bertz CT molecular complexity index is 1460. The summed E-state index contributed by atoms with van der Waals surface area (Å²) in [5, 5.41) is 6.60. The summed E-state index contributed by atoms with van der Waals surface area (Å²) in [5.74, 6) is 1.04. The zero-order valence-electron chi connectivity index (χ0n) is 17.1. The first kappa shape index (κ1) is 18.8. The molecule has 2 aliphatic rings. The summed E-state index contributed by atoms with van der Waals surface area (Å²) in [6.07, 6.45) is -0.603. The molecule has 1 amide bonds. The van der Waals surface area contributed by atoms with Crippen molar-refractivity contribution in [2.45, 2.75) is 6.17 Å². The van der Waals surface area contributed by atoms with Gasteiger partial charge in [0.2, 0.25) is 0 Å². The lowest BCUT2D eigenvalue weighted by atomic mass is 10.0. The summed E-state index contributed by atoms with van der Waals surface area (Å²) < 4.78 is 12.6. The molecule has 6 rings (SSSR count). The maximum atomic E-state index is 13.7. The number of carbonyl (C=O) groups excluding carboxylic acids is 1. The highest BCUT2D eigenvalue weighted by atomic mass is 32.1. The van der Waals surface area contributed by atoms with Crippen molar-refractivity contribution < 1.29 is 14.3 Å². The van der Waals surface area contributed by atoms with E-state index in [0.29, 0.717) is 39.7 Å². The van der Waals surface area contributed by atoms with Crippen LogP contribution in [0.5, 0.6) is 11.5 Å². The van der Waals surface area contributed by atoms with E-state index in [1.54, 1.807) is 15.6 Å². The van der Waals surface area contributed by atoms with E-state index in [4.69, 9.17) is 14.6 Å². The number of aromatic nitrogens is 3. The standard InChI is InChI=1S/C23H16N4O4S/c1-30-15-10-9-13-17(19(15)31-2)23(29)26-14-7-4-3-6-12(14)20-24-21(28)18(16-8-5-11-32-16)25-27(20)22(13)26/h3-11,22H,1-2H3/t22-/m0/s1. The van der Waals surface area contributed by atoms with Crippen molar-refractivity contribution in [2.24, 2.45) is 0 Å². The minimum absolute atomic E-state index is 0.225. The fraction of sp³-hybridized carbons (Fsp3) is 0.130. The number of anilines is 1. The second-order valence-electron chi connectivity index (χ2n) is 7.34. The number of rotatable bonds is 3. The second-order valence-corrected chi connectivity index (χ2v) is 8.29. The van der Waals surface area contributed by atoms with Crippen molar-refractivity contribution in [2.75, 3.05) is 19.1 Å². The third-order valence-electron chi connectivity index (χ3n) is 5.76. The van der Waals surface area contributed by atoms with Crippen LogP contribution in [0.1, 0.15) is 22.1 Å². The number of ether oxygens (including phenoxy) is 2. The van der Waals surface area contributed by atoms with Gasteiger partial charge in [-0.15, -0.1) is 11.3 Å². The van der Waals surface area contributed by atoms with Crippen LogP contribution in [0.3, 0.4) is 0 Å². The van der Waals surface area contributed by atoms with E-state index in [-0.39, 0.29) is 11.6 Å². The van der Waals surface area contributed by atoms with Crippen LogP contribution in [0.2, 0.25) is 0 Å². The molecule has 158 valence electrons. The minimum Gasteiger partial charge on any atom is -0.493 e. The number of fused-ring (bicyclic) bond motifs is 8. The van der Waals surface area contributed by atoms with E-state index < -0.39 is 11.7 Å². The zero-order chi connectivity index (χ0) is 22.0. The molecular formula is C23H16N4O4S. The number of thiophene rings is 1. The lowest BCUT2D eigenvalue weighted by Gasteiger charge is -2.34. The Morgan fingerprint density at radius 3 is 2.59 bits per heavy atom. The molecule has 8 nitrogen and oxygen atoms in total. The van der Waals surface area contributed by atoms with Gasteiger partial charge in [0.1, 0.15) is 0 Å². The van der Waals surface area contributed by atoms with Crippen molar-refractivity contribution in [3.63, 3.8) is 0 Å². The molecule has 0 aliphatic carbocycles. The molecule has 0 N–H and O–H groups in total. The van der Waals surface area contributed by atoms with Gasteiger partial charge in [0.25, 0.3) is 5.91 Å². The first-order chi connectivity index (χ1) is 15.6. The van der Waals surface area contributed by atoms with Gasteiger partial charge in [0.05, 0.1) is 30.3 Å². The Balaban J connectivity index is 1.69. The van der Waals surface area contributed by atoms with Crippen LogP contribution in [0.15, 0.2) is 58.7 Å². The first-order valence-corrected chi connectivity index (χ1v) is 10.7. The molecule has 9 heteroatoms. The molecule has 1 atom stereocenters. The maximum absolute atomic E-state index is 13.7. The number of methoxy groups -OCH3 is 2. The summed E-state index contributed by atoms with van der Waals surface area (Å²) in [4.78, 5) is 33.4. The van der Waals surface area contributed by atoms with Gasteiger partial charge in [0, 0.05) is 11.1 Å². The van der Waals surface area contributed by atoms with E-state index >= 15 is 0 Å². The van der Waals surface area contributed by atoms with Crippen LogP contribution < -0.4 is 19.9 Å². The number of hydrogen-bond donors (Lipinski definition) is 0. The van der Waals surface area contributed by atoms with Gasteiger partial charge in [-0.25, -0.2) is 4.68 Å². The molecule has 2 aliphatic heterocycles. The average Bonchev–Trinajstić information content (AvgIpc) is 3.45. The Morgan fingerprint density at radius 1 is 1.00 bits per heavy atom. The Hall–Kier alpha value is -3.98. The van der Waals surface area contributed by atoms with Crippen LogP contribution in [0.25, 0.3) is 22.0 Å². The van der Waals surface area contributed by atoms with E-state index in [9.17, 15) is 9.59 Å². The van der Waals surface area contributed by atoms with Gasteiger partial charge in [0.15, 0.2) is 29.2 Å². The summed E-state index contributed by atoms with van der Waals surface area (Å²) in [7, 11) is 3.04. The normalized spacial score (nSPS) is 15.6. The number of hydrogen-bond acceptors (Lipinski definition) is 7. The maximum Gasteiger partial charge on any atom is 0.300 e. The quantitative estimate of drug-likeness (QED) is 0.480. The SMILES string of the molecule is COc1ccc2c(c1OC)C(=O)N1c3ccccc3-c3nc(=O)c(-c4cccs4)nn3[C@@H]21. The molecule has 4 heterocycles. The van der Waals surface area contributed by atoms with Gasteiger partial charge in [-0.2, -0.15) is 10.1 Å². The second kappa shape index (κ2) is 6.76. The summed E-state index contributed by atoms with van der Waals surface area (Å²) >= 11 is 1.42. The zero-order valence-corrected chi connectivity index (χ0v) is 17.9. The fourth-order valence-corrected chi connectivity index (χ4v) is 5.12. The first-order valence-electron chi connectivity index (χ1n) is 9.86. The lowest BCUT2D eigenvalue weighted by molar-refractivity contribution is 0.0983. The molecular weight excluding hydrogens is 428 g/mol. The predicted molar refractivity (Wildman–Crippen MR) is 120 cm³/mol. The number of nitrogens with zero attached hydrogens (tertiary/aromatic N) is 4. The molecule has 0 saturated heterocycles. The van der Waals surface area contributed by atoms with Crippen molar-refractivity contribution in [3.05, 3.63) is 75.4 Å². The molecule has 0 unspecified atom stereocenters.